The maximum Gasteiger partial charge on any atom is 0.0543 e. The lowest BCUT2D eigenvalue weighted by Crippen LogP contribution is -2.38. The summed E-state index contributed by atoms with van der Waals surface area (Å²) in [4.78, 5) is 0. The largest absolute Gasteiger partial charge is 0.382 e. The zero-order valence-corrected chi connectivity index (χ0v) is 9.98. The summed E-state index contributed by atoms with van der Waals surface area (Å²) in [6.07, 6.45) is 2.67. The van der Waals surface area contributed by atoms with E-state index in [4.69, 9.17) is 4.74 Å². The summed E-state index contributed by atoms with van der Waals surface area (Å²) >= 11 is 0. The van der Waals surface area contributed by atoms with Crippen LogP contribution in [-0.4, -0.2) is 26.3 Å². The fourth-order valence-electron chi connectivity index (χ4n) is 1.53. The minimum atomic E-state index is 0.336. The van der Waals surface area contributed by atoms with Gasteiger partial charge in [0.15, 0.2) is 0 Å². The second kappa shape index (κ2) is 5.61. The first-order valence-corrected chi connectivity index (χ1v) is 5.12. The Labute approximate surface area is 83.1 Å². The first-order valence-electron chi connectivity index (χ1n) is 5.12. The van der Waals surface area contributed by atoms with Crippen LogP contribution in [0.25, 0.3) is 0 Å². The molecule has 0 aromatic heterocycles. The lowest BCUT2D eigenvalue weighted by molar-refractivity contribution is 0.100. The van der Waals surface area contributed by atoms with Crippen molar-refractivity contribution in [2.24, 2.45) is 5.41 Å². The van der Waals surface area contributed by atoms with Crippen LogP contribution >= 0.6 is 0 Å². The highest BCUT2D eigenvalue weighted by Gasteiger charge is 2.22. The van der Waals surface area contributed by atoms with Crippen LogP contribution in [0.4, 0.5) is 0 Å². The van der Waals surface area contributed by atoms with Gasteiger partial charge in [-0.3, -0.25) is 0 Å². The molecule has 2 heteroatoms. The van der Waals surface area contributed by atoms with Gasteiger partial charge in [0.25, 0.3) is 0 Å². The van der Waals surface area contributed by atoms with Gasteiger partial charge in [-0.1, -0.05) is 20.8 Å². The standard InChI is InChI=1S/C11H25NO/c1-9(13-6)7-8-10(12-5)11(2,3)4/h9-10,12H,7-8H2,1-6H3. The lowest BCUT2D eigenvalue weighted by atomic mass is 9.84. The fourth-order valence-corrected chi connectivity index (χ4v) is 1.53. The molecule has 80 valence electrons. The normalized spacial score (nSPS) is 17.1. The van der Waals surface area contributed by atoms with Crippen molar-refractivity contribution in [1.82, 2.24) is 5.32 Å². The SMILES string of the molecule is CNC(CCC(C)OC)C(C)(C)C. The van der Waals surface area contributed by atoms with Crippen molar-refractivity contribution in [2.75, 3.05) is 14.2 Å². The van der Waals surface area contributed by atoms with Crippen molar-refractivity contribution in [3.05, 3.63) is 0 Å². The third-order valence-electron chi connectivity index (χ3n) is 2.66. The molecule has 13 heavy (non-hydrogen) atoms. The van der Waals surface area contributed by atoms with Crippen LogP contribution in [-0.2, 0) is 4.74 Å². The van der Waals surface area contributed by atoms with Crippen LogP contribution < -0.4 is 5.32 Å². The van der Waals surface area contributed by atoms with E-state index in [0.717, 1.165) is 6.42 Å². The zero-order valence-electron chi connectivity index (χ0n) is 9.98. The second-order valence-electron chi connectivity index (χ2n) is 4.83. The Morgan fingerprint density at radius 2 is 1.77 bits per heavy atom. The third kappa shape index (κ3) is 5.27. The second-order valence-corrected chi connectivity index (χ2v) is 4.83. The third-order valence-corrected chi connectivity index (χ3v) is 2.66. The van der Waals surface area contributed by atoms with Crippen molar-refractivity contribution in [3.63, 3.8) is 0 Å². The Kier molecular flexibility index (Phi) is 5.57. The van der Waals surface area contributed by atoms with Gasteiger partial charge >= 0.3 is 0 Å². The number of ether oxygens (including phenoxy) is 1. The molecule has 0 spiro atoms. The predicted octanol–water partition coefficient (Wildman–Crippen LogP) is 2.44. The van der Waals surface area contributed by atoms with E-state index in [0.29, 0.717) is 17.6 Å². The van der Waals surface area contributed by atoms with Gasteiger partial charge in [-0.05, 0) is 32.2 Å². The lowest BCUT2D eigenvalue weighted by Gasteiger charge is -2.31. The van der Waals surface area contributed by atoms with Crippen molar-refractivity contribution in [3.8, 4) is 0 Å². The molecule has 0 aliphatic heterocycles. The molecule has 2 atom stereocenters. The molecule has 0 saturated carbocycles. The first kappa shape index (κ1) is 12.9. The molecule has 0 heterocycles. The quantitative estimate of drug-likeness (QED) is 0.714. The average Bonchev–Trinajstić information content (AvgIpc) is 2.02. The molecule has 0 amide bonds. The van der Waals surface area contributed by atoms with Crippen molar-refractivity contribution < 1.29 is 4.74 Å². The molecule has 2 nitrogen and oxygen atoms in total. The predicted molar refractivity (Wildman–Crippen MR) is 58.0 cm³/mol. The number of hydrogen-bond donors (Lipinski definition) is 1. The van der Waals surface area contributed by atoms with Gasteiger partial charge in [0.05, 0.1) is 6.10 Å². The average molecular weight is 187 g/mol. The van der Waals surface area contributed by atoms with E-state index < -0.39 is 0 Å². The number of methoxy groups -OCH3 is 1. The Bertz CT molecular complexity index is 129. The van der Waals surface area contributed by atoms with Gasteiger partial charge in [-0.15, -0.1) is 0 Å². The summed E-state index contributed by atoms with van der Waals surface area (Å²) in [6.45, 7) is 8.93. The molecular weight excluding hydrogens is 162 g/mol. The summed E-state index contributed by atoms with van der Waals surface area (Å²) in [5, 5.41) is 3.37. The van der Waals surface area contributed by atoms with Crippen LogP contribution in [0.5, 0.6) is 0 Å². The van der Waals surface area contributed by atoms with Crippen LogP contribution in [0.15, 0.2) is 0 Å². The minimum absolute atomic E-state index is 0.336. The van der Waals surface area contributed by atoms with Crippen molar-refractivity contribution >= 4 is 0 Å². The smallest absolute Gasteiger partial charge is 0.0543 e. The number of hydrogen-bond acceptors (Lipinski definition) is 2. The van der Waals surface area contributed by atoms with Gasteiger partial charge in [-0.2, -0.15) is 0 Å². The van der Waals surface area contributed by atoms with Crippen LogP contribution in [0, 0.1) is 5.41 Å². The Balaban J connectivity index is 3.86. The van der Waals surface area contributed by atoms with E-state index in [1.54, 1.807) is 7.11 Å². The molecular formula is C11H25NO. The van der Waals surface area contributed by atoms with Gasteiger partial charge in [0, 0.05) is 13.2 Å². The number of rotatable bonds is 5. The van der Waals surface area contributed by atoms with E-state index in [1.807, 2.05) is 7.05 Å². The monoisotopic (exact) mass is 187 g/mol. The highest BCUT2D eigenvalue weighted by atomic mass is 16.5. The molecule has 0 radical (unpaired) electrons. The molecule has 0 saturated heterocycles. The Morgan fingerprint density at radius 3 is 2.08 bits per heavy atom. The molecule has 1 N–H and O–H groups in total. The summed E-state index contributed by atoms with van der Waals surface area (Å²) in [6, 6.07) is 0.574. The topological polar surface area (TPSA) is 21.3 Å². The summed E-state index contributed by atoms with van der Waals surface area (Å²) in [5.41, 5.74) is 0.336. The summed E-state index contributed by atoms with van der Waals surface area (Å²) < 4.78 is 5.23. The van der Waals surface area contributed by atoms with Crippen molar-refractivity contribution in [1.29, 1.82) is 0 Å². The molecule has 0 rings (SSSR count). The van der Waals surface area contributed by atoms with Gasteiger partial charge in [0.2, 0.25) is 0 Å². The van der Waals surface area contributed by atoms with Crippen LogP contribution in [0.2, 0.25) is 0 Å². The molecule has 0 aromatic rings. The number of nitrogens with one attached hydrogen (secondary N) is 1. The highest BCUT2D eigenvalue weighted by molar-refractivity contribution is 4.79. The van der Waals surface area contributed by atoms with E-state index in [1.165, 1.54) is 6.42 Å². The Morgan fingerprint density at radius 1 is 1.23 bits per heavy atom. The maximum atomic E-state index is 5.23. The summed E-state index contributed by atoms with van der Waals surface area (Å²) in [7, 11) is 3.81. The molecule has 0 bridgehead atoms. The van der Waals surface area contributed by atoms with E-state index in [2.05, 4.69) is 33.0 Å². The van der Waals surface area contributed by atoms with E-state index in [9.17, 15) is 0 Å². The summed E-state index contributed by atoms with van der Waals surface area (Å²) in [5.74, 6) is 0. The fraction of sp³-hybridized carbons (Fsp3) is 1.00. The van der Waals surface area contributed by atoms with E-state index >= 15 is 0 Å². The molecule has 0 aromatic carbocycles. The molecule has 2 unspecified atom stereocenters. The first-order chi connectivity index (χ1) is 5.91. The highest BCUT2D eigenvalue weighted by Crippen LogP contribution is 2.23. The van der Waals surface area contributed by atoms with E-state index in [-0.39, 0.29) is 0 Å². The van der Waals surface area contributed by atoms with Gasteiger partial charge in [0.1, 0.15) is 0 Å². The minimum Gasteiger partial charge on any atom is -0.382 e. The zero-order chi connectivity index (χ0) is 10.5. The Hall–Kier alpha value is -0.0800. The molecule has 0 aliphatic carbocycles. The molecule has 0 fully saturated rings. The van der Waals surface area contributed by atoms with Crippen LogP contribution in [0.3, 0.4) is 0 Å². The maximum absolute atomic E-state index is 5.23. The van der Waals surface area contributed by atoms with Crippen LogP contribution in [0.1, 0.15) is 40.5 Å². The van der Waals surface area contributed by atoms with Crippen molar-refractivity contribution in [2.45, 2.75) is 52.7 Å². The van der Waals surface area contributed by atoms with Gasteiger partial charge < -0.3 is 10.1 Å². The van der Waals surface area contributed by atoms with Gasteiger partial charge in [-0.25, -0.2) is 0 Å². The molecule has 0 aliphatic rings.